The predicted octanol–water partition coefficient (Wildman–Crippen LogP) is 1.98. The third-order valence-corrected chi connectivity index (χ3v) is 3.84. The van der Waals surface area contributed by atoms with Crippen molar-refractivity contribution in [1.29, 1.82) is 0 Å². The maximum absolute atomic E-state index is 12.1. The van der Waals surface area contributed by atoms with Gasteiger partial charge in [0.15, 0.2) is 11.5 Å². The summed E-state index contributed by atoms with van der Waals surface area (Å²) < 4.78 is 16.1. The lowest BCUT2D eigenvalue weighted by Crippen LogP contribution is -2.27. The second-order valence-electron chi connectivity index (χ2n) is 5.11. The largest absolute Gasteiger partial charge is 0.496 e. The molecule has 20 heavy (non-hydrogen) atoms. The average molecular weight is 277 g/mol. The van der Waals surface area contributed by atoms with Gasteiger partial charge in [-0.25, -0.2) is 0 Å². The fraction of sp³-hybridized carbons (Fsp3) is 0.533. The third-order valence-electron chi connectivity index (χ3n) is 3.84. The number of ether oxygens (including phenoxy) is 3. The van der Waals surface area contributed by atoms with Gasteiger partial charge in [0.05, 0.1) is 7.11 Å². The second kappa shape index (κ2) is 5.61. The van der Waals surface area contributed by atoms with Crippen LogP contribution in [0, 0.1) is 0 Å². The van der Waals surface area contributed by atoms with Crippen LogP contribution in [0.2, 0.25) is 0 Å². The van der Waals surface area contributed by atoms with Crippen molar-refractivity contribution in [2.75, 3.05) is 27.0 Å². The SMILES string of the molecule is COc1cc2c(cc1CCC(=O)N1CCCC1)OCO2. The number of hydrogen-bond donors (Lipinski definition) is 0. The summed E-state index contributed by atoms with van der Waals surface area (Å²) in [5, 5.41) is 0. The van der Waals surface area contributed by atoms with Gasteiger partial charge in [0, 0.05) is 25.6 Å². The zero-order valence-electron chi connectivity index (χ0n) is 11.7. The molecule has 3 rings (SSSR count). The molecule has 2 aliphatic rings. The van der Waals surface area contributed by atoms with Gasteiger partial charge in [0.25, 0.3) is 0 Å². The van der Waals surface area contributed by atoms with Crippen molar-refractivity contribution in [2.24, 2.45) is 0 Å². The number of methoxy groups -OCH3 is 1. The van der Waals surface area contributed by atoms with Crippen LogP contribution in [0.3, 0.4) is 0 Å². The highest BCUT2D eigenvalue weighted by Crippen LogP contribution is 2.38. The Morgan fingerprint density at radius 2 is 1.95 bits per heavy atom. The van der Waals surface area contributed by atoms with E-state index < -0.39 is 0 Å². The summed E-state index contributed by atoms with van der Waals surface area (Å²) in [4.78, 5) is 14.0. The van der Waals surface area contributed by atoms with Gasteiger partial charge in [-0.3, -0.25) is 4.79 Å². The summed E-state index contributed by atoms with van der Waals surface area (Å²) in [7, 11) is 1.63. The molecule has 0 saturated carbocycles. The quantitative estimate of drug-likeness (QED) is 0.844. The van der Waals surface area contributed by atoms with Gasteiger partial charge in [-0.1, -0.05) is 0 Å². The maximum Gasteiger partial charge on any atom is 0.231 e. The minimum Gasteiger partial charge on any atom is -0.496 e. The Hall–Kier alpha value is -1.91. The van der Waals surface area contributed by atoms with Crippen LogP contribution < -0.4 is 14.2 Å². The standard InChI is InChI=1S/C15H19NO4/c1-18-12-9-14-13(19-10-20-14)8-11(12)4-5-15(17)16-6-2-3-7-16/h8-9H,2-7,10H2,1H3. The smallest absolute Gasteiger partial charge is 0.231 e. The lowest BCUT2D eigenvalue weighted by Gasteiger charge is -2.15. The average Bonchev–Trinajstić information content (AvgIpc) is 3.13. The van der Waals surface area contributed by atoms with Crippen molar-refractivity contribution in [3.05, 3.63) is 17.7 Å². The molecule has 5 heteroatoms. The molecule has 0 unspecified atom stereocenters. The topological polar surface area (TPSA) is 48.0 Å². The molecule has 0 bridgehead atoms. The van der Waals surface area contributed by atoms with Crippen LogP contribution in [0.15, 0.2) is 12.1 Å². The molecule has 5 nitrogen and oxygen atoms in total. The van der Waals surface area contributed by atoms with E-state index in [-0.39, 0.29) is 12.7 Å². The van der Waals surface area contributed by atoms with Crippen molar-refractivity contribution in [3.8, 4) is 17.2 Å². The van der Waals surface area contributed by atoms with Crippen LogP contribution >= 0.6 is 0 Å². The van der Waals surface area contributed by atoms with Crippen LogP contribution in [0.5, 0.6) is 17.2 Å². The monoisotopic (exact) mass is 277 g/mol. The first kappa shape index (κ1) is 13.1. The Bertz CT molecular complexity index is 509. The van der Waals surface area contributed by atoms with E-state index in [1.807, 2.05) is 17.0 Å². The van der Waals surface area contributed by atoms with Crippen molar-refractivity contribution in [1.82, 2.24) is 4.90 Å². The summed E-state index contributed by atoms with van der Waals surface area (Å²) in [5.41, 5.74) is 0.990. The van der Waals surface area contributed by atoms with E-state index in [4.69, 9.17) is 14.2 Å². The molecule has 0 aromatic heterocycles. The molecule has 2 heterocycles. The molecular formula is C15H19NO4. The Morgan fingerprint density at radius 1 is 1.25 bits per heavy atom. The highest BCUT2D eigenvalue weighted by Gasteiger charge is 2.20. The van der Waals surface area contributed by atoms with Crippen molar-refractivity contribution in [2.45, 2.75) is 25.7 Å². The lowest BCUT2D eigenvalue weighted by molar-refractivity contribution is -0.130. The normalized spacial score (nSPS) is 16.6. The van der Waals surface area contributed by atoms with Gasteiger partial charge in [0.1, 0.15) is 5.75 Å². The van der Waals surface area contributed by atoms with Crippen LogP contribution in [0.4, 0.5) is 0 Å². The first-order valence-electron chi connectivity index (χ1n) is 7.02. The van der Waals surface area contributed by atoms with Crippen LogP contribution in [-0.4, -0.2) is 37.8 Å². The first-order valence-corrected chi connectivity index (χ1v) is 7.02. The van der Waals surface area contributed by atoms with E-state index in [1.54, 1.807) is 7.11 Å². The van der Waals surface area contributed by atoms with Gasteiger partial charge in [-0.15, -0.1) is 0 Å². The minimum absolute atomic E-state index is 0.224. The highest BCUT2D eigenvalue weighted by molar-refractivity contribution is 5.76. The minimum atomic E-state index is 0.224. The van der Waals surface area contributed by atoms with E-state index in [2.05, 4.69) is 0 Å². The molecule has 0 spiro atoms. The Morgan fingerprint density at radius 3 is 2.65 bits per heavy atom. The molecule has 1 aromatic carbocycles. The molecule has 2 aliphatic heterocycles. The number of carbonyl (C=O) groups is 1. The van der Waals surface area contributed by atoms with Crippen LogP contribution in [0.25, 0.3) is 0 Å². The summed E-state index contributed by atoms with van der Waals surface area (Å²) in [6.45, 7) is 2.04. The van der Waals surface area contributed by atoms with Crippen molar-refractivity contribution < 1.29 is 19.0 Å². The predicted molar refractivity (Wildman–Crippen MR) is 73.3 cm³/mol. The van der Waals surface area contributed by atoms with Gasteiger partial charge in [-0.05, 0) is 30.9 Å². The maximum atomic E-state index is 12.1. The van der Waals surface area contributed by atoms with Crippen molar-refractivity contribution >= 4 is 5.91 Å². The number of fused-ring (bicyclic) bond motifs is 1. The molecule has 1 aromatic rings. The molecule has 0 aliphatic carbocycles. The summed E-state index contributed by atoms with van der Waals surface area (Å²) in [5.74, 6) is 2.41. The first-order chi connectivity index (χ1) is 9.78. The van der Waals surface area contributed by atoms with Gasteiger partial charge in [0.2, 0.25) is 12.7 Å². The lowest BCUT2D eigenvalue weighted by atomic mass is 10.1. The summed E-state index contributed by atoms with van der Waals surface area (Å²) in [6, 6.07) is 3.75. The van der Waals surface area contributed by atoms with E-state index in [9.17, 15) is 4.79 Å². The fourth-order valence-corrected chi connectivity index (χ4v) is 2.72. The zero-order chi connectivity index (χ0) is 13.9. The van der Waals surface area contributed by atoms with Crippen LogP contribution in [-0.2, 0) is 11.2 Å². The Kier molecular flexibility index (Phi) is 3.67. The number of likely N-dealkylation sites (tertiary alicyclic amines) is 1. The number of nitrogens with zero attached hydrogens (tertiary/aromatic N) is 1. The molecule has 0 atom stereocenters. The van der Waals surface area contributed by atoms with E-state index in [0.29, 0.717) is 18.6 Å². The number of hydrogen-bond acceptors (Lipinski definition) is 4. The third kappa shape index (κ3) is 2.53. The number of benzene rings is 1. The second-order valence-corrected chi connectivity index (χ2v) is 5.11. The van der Waals surface area contributed by atoms with E-state index >= 15 is 0 Å². The number of rotatable bonds is 4. The van der Waals surface area contributed by atoms with Gasteiger partial charge in [-0.2, -0.15) is 0 Å². The Balaban J connectivity index is 1.68. The summed E-state index contributed by atoms with van der Waals surface area (Å²) >= 11 is 0. The molecule has 108 valence electrons. The zero-order valence-corrected chi connectivity index (χ0v) is 11.7. The number of amides is 1. The fourth-order valence-electron chi connectivity index (χ4n) is 2.72. The van der Waals surface area contributed by atoms with Crippen molar-refractivity contribution in [3.63, 3.8) is 0 Å². The number of carbonyl (C=O) groups excluding carboxylic acids is 1. The van der Waals surface area contributed by atoms with Gasteiger partial charge >= 0.3 is 0 Å². The van der Waals surface area contributed by atoms with E-state index in [1.165, 1.54) is 0 Å². The van der Waals surface area contributed by atoms with Crippen LogP contribution in [0.1, 0.15) is 24.8 Å². The van der Waals surface area contributed by atoms with E-state index in [0.717, 1.165) is 43.0 Å². The number of aryl methyl sites for hydroxylation is 1. The molecule has 1 fully saturated rings. The Labute approximate surface area is 118 Å². The van der Waals surface area contributed by atoms with Gasteiger partial charge < -0.3 is 19.1 Å². The highest BCUT2D eigenvalue weighted by atomic mass is 16.7. The molecule has 1 saturated heterocycles. The summed E-state index contributed by atoms with van der Waals surface area (Å²) in [6.07, 6.45) is 3.42. The molecule has 1 amide bonds. The molecule has 0 radical (unpaired) electrons. The molecular weight excluding hydrogens is 258 g/mol. The molecule has 0 N–H and O–H groups in total.